The van der Waals surface area contributed by atoms with E-state index in [9.17, 15) is 5.11 Å². The normalized spacial score (nSPS) is 19.4. The molecule has 0 amide bonds. The van der Waals surface area contributed by atoms with Gasteiger partial charge in [-0.05, 0) is 17.4 Å². The van der Waals surface area contributed by atoms with Gasteiger partial charge in [0.05, 0.1) is 0 Å². The third-order valence-electron chi connectivity index (χ3n) is 3.66. The molecule has 0 spiro atoms. The summed E-state index contributed by atoms with van der Waals surface area (Å²) in [5, 5.41) is 9.22. The molecule has 1 aliphatic heterocycles. The minimum Gasteiger partial charge on any atom is -0.396 e. The summed E-state index contributed by atoms with van der Waals surface area (Å²) in [5.41, 5.74) is 1.39. The largest absolute Gasteiger partial charge is 0.396 e. The van der Waals surface area contributed by atoms with Crippen molar-refractivity contribution in [2.45, 2.75) is 19.9 Å². The van der Waals surface area contributed by atoms with Crippen LogP contribution in [0.25, 0.3) is 0 Å². The highest BCUT2D eigenvalue weighted by Crippen LogP contribution is 2.27. The Morgan fingerprint density at radius 1 is 1.31 bits per heavy atom. The van der Waals surface area contributed by atoms with E-state index in [0.29, 0.717) is 18.4 Å². The Balaban J connectivity index is 1.77. The zero-order valence-corrected chi connectivity index (χ0v) is 9.97. The third-order valence-corrected chi connectivity index (χ3v) is 3.66. The summed E-state index contributed by atoms with van der Waals surface area (Å²) in [6.07, 6.45) is 1.10. The van der Waals surface area contributed by atoms with Crippen LogP contribution in [0.4, 0.5) is 0 Å². The molecule has 1 atom stereocenters. The molecule has 2 nitrogen and oxygen atoms in total. The van der Waals surface area contributed by atoms with Crippen molar-refractivity contribution in [2.75, 3.05) is 19.7 Å². The number of hydrogen-bond acceptors (Lipinski definition) is 2. The number of hydrogen-bond donors (Lipinski definition) is 1. The van der Waals surface area contributed by atoms with Gasteiger partial charge in [-0.1, -0.05) is 43.7 Å². The van der Waals surface area contributed by atoms with Gasteiger partial charge in [0.1, 0.15) is 0 Å². The van der Waals surface area contributed by atoms with E-state index in [-0.39, 0.29) is 0 Å². The van der Waals surface area contributed by atoms with Crippen LogP contribution in [0.2, 0.25) is 0 Å². The molecule has 1 saturated heterocycles. The molecule has 0 aromatic heterocycles. The first-order valence-corrected chi connectivity index (χ1v) is 6.20. The summed E-state index contributed by atoms with van der Waals surface area (Å²) in [5.74, 6) is 1.21. The highest BCUT2D eigenvalue weighted by Gasteiger charge is 2.31. The van der Waals surface area contributed by atoms with Crippen LogP contribution >= 0.6 is 0 Å². The summed E-state index contributed by atoms with van der Waals surface area (Å²) in [7, 11) is 0. The van der Waals surface area contributed by atoms with Crippen molar-refractivity contribution in [1.29, 1.82) is 0 Å². The number of nitrogens with zero attached hydrogens (tertiary/aromatic N) is 1. The number of likely N-dealkylation sites (tertiary alicyclic amines) is 1. The van der Waals surface area contributed by atoms with E-state index in [1.165, 1.54) is 5.56 Å². The van der Waals surface area contributed by atoms with Crippen LogP contribution in [0.1, 0.15) is 18.9 Å². The number of aliphatic hydroxyl groups excluding tert-OH is 1. The SMILES string of the molecule is CCC(CO)C1CN(Cc2ccccc2)C1. The summed E-state index contributed by atoms with van der Waals surface area (Å²) >= 11 is 0. The van der Waals surface area contributed by atoms with Crippen molar-refractivity contribution >= 4 is 0 Å². The maximum absolute atomic E-state index is 9.22. The van der Waals surface area contributed by atoms with Crippen molar-refractivity contribution in [3.63, 3.8) is 0 Å². The standard InChI is InChI=1S/C14H21NO/c1-2-13(11-16)14-9-15(10-14)8-12-6-4-3-5-7-12/h3-7,13-14,16H,2,8-11H2,1H3. The van der Waals surface area contributed by atoms with Crippen molar-refractivity contribution in [2.24, 2.45) is 11.8 Å². The third kappa shape index (κ3) is 2.63. The molecule has 1 heterocycles. The van der Waals surface area contributed by atoms with Crippen LogP contribution in [-0.2, 0) is 6.54 Å². The Morgan fingerprint density at radius 3 is 2.56 bits per heavy atom. The van der Waals surface area contributed by atoms with Crippen LogP contribution in [0.5, 0.6) is 0 Å². The van der Waals surface area contributed by atoms with E-state index in [1.807, 2.05) is 0 Å². The lowest BCUT2D eigenvalue weighted by atomic mass is 9.84. The lowest BCUT2D eigenvalue weighted by Gasteiger charge is -2.43. The second-order valence-electron chi connectivity index (χ2n) is 4.79. The Hall–Kier alpha value is -0.860. The van der Waals surface area contributed by atoms with Gasteiger partial charge < -0.3 is 5.11 Å². The summed E-state index contributed by atoms with van der Waals surface area (Å²) < 4.78 is 0. The van der Waals surface area contributed by atoms with Gasteiger partial charge in [0, 0.05) is 26.2 Å². The molecule has 88 valence electrons. The number of benzene rings is 1. The van der Waals surface area contributed by atoms with E-state index < -0.39 is 0 Å². The van der Waals surface area contributed by atoms with Crippen LogP contribution in [0.3, 0.4) is 0 Å². The summed E-state index contributed by atoms with van der Waals surface area (Å²) in [6, 6.07) is 10.6. The molecule has 0 aliphatic carbocycles. The lowest BCUT2D eigenvalue weighted by molar-refractivity contribution is 0.0257. The quantitative estimate of drug-likeness (QED) is 0.820. The molecule has 1 aromatic carbocycles. The molecular weight excluding hydrogens is 198 g/mol. The van der Waals surface area contributed by atoms with E-state index in [4.69, 9.17) is 0 Å². The van der Waals surface area contributed by atoms with E-state index in [2.05, 4.69) is 42.2 Å². The first-order valence-electron chi connectivity index (χ1n) is 6.20. The Kier molecular flexibility index (Phi) is 3.97. The summed E-state index contributed by atoms with van der Waals surface area (Å²) in [6.45, 7) is 5.86. The minimum atomic E-state index is 0.348. The predicted octanol–water partition coefficient (Wildman–Crippen LogP) is 2.14. The van der Waals surface area contributed by atoms with Crippen molar-refractivity contribution < 1.29 is 5.11 Å². The molecule has 2 rings (SSSR count). The first kappa shape index (κ1) is 11.6. The smallest absolute Gasteiger partial charge is 0.0462 e. The van der Waals surface area contributed by atoms with Gasteiger partial charge in [0.25, 0.3) is 0 Å². The van der Waals surface area contributed by atoms with Gasteiger partial charge in [-0.2, -0.15) is 0 Å². The highest BCUT2D eigenvalue weighted by molar-refractivity contribution is 5.14. The fourth-order valence-electron chi connectivity index (χ4n) is 2.49. The maximum atomic E-state index is 9.22. The second kappa shape index (κ2) is 5.46. The van der Waals surface area contributed by atoms with Crippen LogP contribution in [-0.4, -0.2) is 29.7 Å². The molecule has 2 heteroatoms. The Bertz CT molecular complexity index is 302. The number of rotatable bonds is 5. The van der Waals surface area contributed by atoms with Crippen molar-refractivity contribution in [3.05, 3.63) is 35.9 Å². The lowest BCUT2D eigenvalue weighted by Crippen LogP contribution is -2.49. The molecular formula is C14H21NO. The van der Waals surface area contributed by atoms with E-state index in [0.717, 1.165) is 26.1 Å². The maximum Gasteiger partial charge on any atom is 0.0462 e. The van der Waals surface area contributed by atoms with Gasteiger partial charge in [-0.3, -0.25) is 4.90 Å². The van der Waals surface area contributed by atoms with E-state index >= 15 is 0 Å². The van der Waals surface area contributed by atoms with Gasteiger partial charge in [-0.25, -0.2) is 0 Å². The molecule has 0 bridgehead atoms. The Labute approximate surface area is 97.9 Å². The predicted molar refractivity (Wildman–Crippen MR) is 66.1 cm³/mol. The van der Waals surface area contributed by atoms with E-state index in [1.54, 1.807) is 0 Å². The minimum absolute atomic E-state index is 0.348. The molecule has 1 unspecified atom stereocenters. The van der Waals surface area contributed by atoms with Gasteiger partial charge in [0.15, 0.2) is 0 Å². The molecule has 1 fully saturated rings. The average Bonchev–Trinajstić information content (AvgIpc) is 2.28. The second-order valence-corrected chi connectivity index (χ2v) is 4.79. The molecule has 1 N–H and O–H groups in total. The molecule has 0 saturated carbocycles. The monoisotopic (exact) mass is 219 g/mol. The van der Waals surface area contributed by atoms with Gasteiger partial charge in [-0.15, -0.1) is 0 Å². The first-order chi connectivity index (χ1) is 7.83. The molecule has 16 heavy (non-hydrogen) atoms. The Morgan fingerprint density at radius 2 is 2.00 bits per heavy atom. The van der Waals surface area contributed by atoms with Gasteiger partial charge >= 0.3 is 0 Å². The van der Waals surface area contributed by atoms with Crippen LogP contribution in [0.15, 0.2) is 30.3 Å². The summed E-state index contributed by atoms with van der Waals surface area (Å²) in [4.78, 5) is 2.46. The topological polar surface area (TPSA) is 23.5 Å². The fraction of sp³-hybridized carbons (Fsp3) is 0.571. The van der Waals surface area contributed by atoms with Crippen LogP contribution < -0.4 is 0 Å². The van der Waals surface area contributed by atoms with Crippen LogP contribution in [0, 0.1) is 11.8 Å². The highest BCUT2D eigenvalue weighted by atomic mass is 16.3. The zero-order chi connectivity index (χ0) is 11.4. The average molecular weight is 219 g/mol. The zero-order valence-electron chi connectivity index (χ0n) is 9.97. The molecule has 0 radical (unpaired) electrons. The number of aliphatic hydroxyl groups is 1. The molecule has 1 aromatic rings. The van der Waals surface area contributed by atoms with Crippen molar-refractivity contribution in [3.8, 4) is 0 Å². The molecule has 1 aliphatic rings. The fourth-order valence-corrected chi connectivity index (χ4v) is 2.49. The van der Waals surface area contributed by atoms with Gasteiger partial charge in [0.2, 0.25) is 0 Å². The van der Waals surface area contributed by atoms with Crippen molar-refractivity contribution in [1.82, 2.24) is 4.90 Å².